The van der Waals surface area contributed by atoms with Crippen LogP contribution in [0.15, 0.2) is 42.6 Å². The second kappa shape index (κ2) is 5.16. The number of hydrogen-bond donors (Lipinski definition) is 0. The first-order valence-corrected chi connectivity index (χ1v) is 8.88. The zero-order valence-electron chi connectivity index (χ0n) is 11.0. The summed E-state index contributed by atoms with van der Waals surface area (Å²) < 4.78 is 3.45. The summed E-state index contributed by atoms with van der Waals surface area (Å²) in [6.45, 7) is 2.17. The molecule has 0 N–H and O–H groups in total. The summed E-state index contributed by atoms with van der Waals surface area (Å²) in [6.07, 6.45) is 2.81. The van der Waals surface area contributed by atoms with Gasteiger partial charge >= 0.3 is 118 Å². The van der Waals surface area contributed by atoms with Gasteiger partial charge in [-0.1, -0.05) is 0 Å². The molecule has 96 valence electrons. The Labute approximate surface area is 118 Å². The number of imidazole rings is 1. The van der Waals surface area contributed by atoms with Crippen LogP contribution in [0.3, 0.4) is 0 Å². The number of rotatable bonds is 3. The molecule has 0 amide bonds. The molecule has 0 saturated heterocycles. The van der Waals surface area contributed by atoms with E-state index in [1.807, 2.05) is 24.4 Å². The number of hydrogen-bond acceptors (Lipinski definition) is 2. The third-order valence-electron chi connectivity index (χ3n) is 3.16. The Morgan fingerprint density at radius 1 is 1.16 bits per heavy atom. The van der Waals surface area contributed by atoms with Gasteiger partial charge in [0.15, 0.2) is 0 Å². The Kier molecular flexibility index (Phi) is 3.36. The van der Waals surface area contributed by atoms with Crippen molar-refractivity contribution in [1.82, 2.24) is 14.4 Å². The predicted octanol–water partition coefficient (Wildman–Crippen LogP) is 2.34. The van der Waals surface area contributed by atoms with Gasteiger partial charge in [-0.2, -0.15) is 0 Å². The normalized spacial score (nSPS) is 11.1. The van der Waals surface area contributed by atoms with Crippen LogP contribution in [0.5, 0.6) is 0 Å². The third-order valence-corrected chi connectivity index (χ3v) is 4.60. The van der Waals surface area contributed by atoms with Crippen molar-refractivity contribution < 1.29 is 0 Å². The molecule has 0 atom stereocenters. The van der Waals surface area contributed by atoms with E-state index in [0.717, 1.165) is 17.9 Å². The SMILES string of the molecule is CCc1cccc2c([Se]C)nc(-c3ccccn3)n12. The topological polar surface area (TPSA) is 30.2 Å². The van der Waals surface area contributed by atoms with E-state index in [9.17, 15) is 0 Å². The molecule has 0 aliphatic carbocycles. The fourth-order valence-electron chi connectivity index (χ4n) is 2.27. The van der Waals surface area contributed by atoms with E-state index in [1.54, 1.807) is 0 Å². The van der Waals surface area contributed by atoms with E-state index in [1.165, 1.54) is 15.8 Å². The molecular weight excluding hydrogens is 301 g/mol. The van der Waals surface area contributed by atoms with E-state index in [0.29, 0.717) is 15.0 Å². The van der Waals surface area contributed by atoms with Crippen LogP contribution in [0.4, 0.5) is 0 Å². The van der Waals surface area contributed by atoms with E-state index < -0.39 is 0 Å². The zero-order valence-corrected chi connectivity index (χ0v) is 12.7. The van der Waals surface area contributed by atoms with Gasteiger partial charge in [-0.15, -0.1) is 0 Å². The van der Waals surface area contributed by atoms with Crippen LogP contribution in [-0.4, -0.2) is 29.3 Å². The Bertz CT molecular complexity index is 704. The van der Waals surface area contributed by atoms with Gasteiger partial charge in [0.05, 0.1) is 0 Å². The molecule has 0 saturated carbocycles. The Morgan fingerprint density at radius 3 is 2.74 bits per heavy atom. The van der Waals surface area contributed by atoms with Gasteiger partial charge in [0.25, 0.3) is 0 Å². The molecule has 3 nitrogen and oxygen atoms in total. The van der Waals surface area contributed by atoms with Crippen molar-refractivity contribution >= 4 is 25.1 Å². The summed E-state index contributed by atoms with van der Waals surface area (Å²) in [5, 5.41) is 0. The van der Waals surface area contributed by atoms with Crippen molar-refractivity contribution in [2.24, 2.45) is 0 Å². The molecule has 4 heteroatoms. The Balaban J connectivity index is 2.36. The van der Waals surface area contributed by atoms with Crippen molar-refractivity contribution in [3.05, 3.63) is 48.3 Å². The number of nitrogens with zero attached hydrogens (tertiary/aromatic N) is 3. The van der Waals surface area contributed by atoms with E-state index in [4.69, 9.17) is 4.98 Å². The van der Waals surface area contributed by atoms with Crippen LogP contribution in [0.25, 0.3) is 17.0 Å². The second-order valence-electron chi connectivity index (χ2n) is 4.25. The summed E-state index contributed by atoms with van der Waals surface area (Å²) in [7, 11) is 0. The molecule has 0 fully saturated rings. The number of aromatic nitrogens is 3. The first-order chi connectivity index (χ1) is 9.35. The molecule has 0 unspecified atom stereocenters. The monoisotopic (exact) mass is 317 g/mol. The van der Waals surface area contributed by atoms with E-state index in [-0.39, 0.29) is 0 Å². The molecule has 3 aromatic heterocycles. The van der Waals surface area contributed by atoms with Crippen molar-refractivity contribution in [3.63, 3.8) is 0 Å². The Morgan fingerprint density at radius 2 is 2.05 bits per heavy atom. The minimum atomic E-state index is 0.380. The first-order valence-electron chi connectivity index (χ1n) is 6.31. The van der Waals surface area contributed by atoms with Crippen molar-refractivity contribution in [2.45, 2.75) is 19.2 Å². The predicted molar refractivity (Wildman–Crippen MR) is 79.1 cm³/mol. The quantitative estimate of drug-likeness (QED) is 0.694. The number of fused-ring (bicyclic) bond motifs is 1. The van der Waals surface area contributed by atoms with Gasteiger partial charge in [-0.3, -0.25) is 0 Å². The van der Waals surface area contributed by atoms with Crippen molar-refractivity contribution in [1.29, 1.82) is 0 Å². The van der Waals surface area contributed by atoms with Gasteiger partial charge in [0.2, 0.25) is 0 Å². The first kappa shape index (κ1) is 12.4. The molecule has 0 bridgehead atoms. The van der Waals surface area contributed by atoms with Crippen LogP contribution in [-0.2, 0) is 6.42 Å². The molecule has 3 rings (SSSR count). The fourth-order valence-corrected chi connectivity index (χ4v) is 3.41. The summed E-state index contributed by atoms with van der Waals surface area (Å²) in [5.74, 6) is 3.17. The molecule has 0 aliphatic rings. The average molecular weight is 316 g/mol. The van der Waals surface area contributed by atoms with Gasteiger partial charge in [0.1, 0.15) is 0 Å². The van der Waals surface area contributed by atoms with Crippen LogP contribution >= 0.6 is 0 Å². The Hall–Kier alpha value is -1.64. The molecule has 3 heterocycles. The molecule has 0 aliphatic heterocycles. The fraction of sp³-hybridized carbons (Fsp3) is 0.200. The summed E-state index contributed by atoms with van der Waals surface area (Å²) >= 11 is 0.380. The third kappa shape index (κ3) is 2.07. The van der Waals surface area contributed by atoms with Gasteiger partial charge in [-0.05, 0) is 0 Å². The molecule has 0 spiro atoms. The molecular formula is C15H15N3Se. The van der Waals surface area contributed by atoms with Gasteiger partial charge < -0.3 is 0 Å². The average Bonchev–Trinajstić information content (AvgIpc) is 2.87. The van der Waals surface area contributed by atoms with E-state index in [2.05, 4.69) is 40.3 Å². The van der Waals surface area contributed by atoms with Crippen molar-refractivity contribution in [2.75, 3.05) is 0 Å². The van der Waals surface area contributed by atoms with Crippen molar-refractivity contribution in [3.8, 4) is 11.5 Å². The molecule has 0 radical (unpaired) electrons. The molecule has 3 aromatic rings. The zero-order chi connectivity index (χ0) is 13.2. The van der Waals surface area contributed by atoms with Crippen LogP contribution < -0.4 is 4.59 Å². The summed E-state index contributed by atoms with van der Waals surface area (Å²) in [5.41, 5.74) is 3.44. The number of aryl methyl sites for hydroxylation is 1. The molecule has 0 aromatic carbocycles. The molecule has 19 heavy (non-hydrogen) atoms. The van der Waals surface area contributed by atoms with Crippen LogP contribution in [0.1, 0.15) is 12.6 Å². The minimum absolute atomic E-state index is 0.380. The van der Waals surface area contributed by atoms with Crippen LogP contribution in [0.2, 0.25) is 5.82 Å². The number of pyridine rings is 2. The standard InChI is InChI=1S/C15H15N3Se/c1-3-11-7-6-9-13-15(19-2)17-14(18(11)13)12-8-4-5-10-16-12/h4-10H,3H2,1-2H3. The van der Waals surface area contributed by atoms with Gasteiger partial charge in [0, 0.05) is 0 Å². The van der Waals surface area contributed by atoms with Crippen LogP contribution in [0, 0.1) is 0 Å². The summed E-state index contributed by atoms with van der Waals surface area (Å²) in [4.78, 5) is 9.26. The second-order valence-corrected chi connectivity index (χ2v) is 5.92. The summed E-state index contributed by atoms with van der Waals surface area (Å²) in [6, 6.07) is 12.4. The van der Waals surface area contributed by atoms with Gasteiger partial charge in [-0.25, -0.2) is 0 Å². The maximum atomic E-state index is 4.81. The van der Waals surface area contributed by atoms with E-state index >= 15 is 0 Å². The maximum absolute atomic E-state index is 4.81.